The predicted octanol–water partition coefficient (Wildman–Crippen LogP) is 3.06. The first-order valence-corrected chi connectivity index (χ1v) is 4.26. The molecule has 0 radical (unpaired) electrons. The smallest absolute Gasteiger partial charge is 0.0194 e. The molecular formula is C10H14. The zero-order valence-corrected chi connectivity index (χ0v) is 6.40. The van der Waals surface area contributed by atoms with E-state index < -0.39 is 0 Å². The van der Waals surface area contributed by atoms with Gasteiger partial charge in [0, 0.05) is 0 Å². The Morgan fingerprint density at radius 1 is 1.30 bits per heavy atom. The lowest BCUT2D eigenvalue weighted by Gasteiger charge is -2.36. The fourth-order valence-corrected chi connectivity index (χ4v) is 2.17. The van der Waals surface area contributed by atoms with Crippen molar-refractivity contribution in [1.82, 2.24) is 0 Å². The molecule has 2 rings (SSSR count). The van der Waals surface area contributed by atoms with Gasteiger partial charge in [0.2, 0.25) is 0 Å². The standard InChI is InChI=1S/C10H14/c1-2-8-4-3-5-9-6-7-10(8)9/h2,9H,1,3-7H2. The fourth-order valence-electron chi connectivity index (χ4n) is 2.17. The molecule has 0 amide bonds. The molecule has 0 N–H and O–H groups in total. The summed E-state index contributed by atoms with van der Waals surface area (Å²) in [6, 6.07) is 0. The first-order chi connectivity index (χ1) is 4.92. The molecule has 0 nitrogen and oxygen atoms in total. The second-order valence-corrected chi connectivity index (χ2v) is 3.38. The van der Waals surface area contributed by atoms with Crippen molar-refractivity contribution >= 4 is 0 Å². The molecule has 0 heterocycles. The molecule has 2 aliphatic rings. The Kier molecular flexibility index (Phi) is 1.40. The van der Waals surface area contributed by atoms with Gasteiger partial charge in [-0.25, -0.2) is 0 Å². The zero-order valence-electron chi connectivity index (χ0n) is 6.40. The van der Waals surface area contributed by atoms with E-state index in [2.05, 4.69) is 12.7 Å². The number of allylic oxidation sites excluding steroid dienone is 3. The van der Waals surface area contributed by atoms with Crippen molar-refractivity contribution in [3.05, 3.63) is 23.8 Å². The third-order valence-electron chi connectivity index (χ3n) is 2.91. The molecule has 1 atom stereocenters. The largest absolute Gasteiger partial charge is 0.0988 e. The molecule has 0 aromatic heterocycles. The van der Waals surface area contributed by atoms with E-state index in [1.807, 2.05) is 0 Å². The molecule has 0 aromatic carbocycles. The van der Waals surface area contributed by atoms with E-state index in [0.29, 0.717) is 0 Å². The van der Waals surface area contributed by atoms with E-state index >= 15 is 0 Å². The minimum Gasteiger partial charge on any atom is -0.0988 e. The van der Waals surface area contributed by atoms with Gasteiger partial charge in [-0.15, -0.1) is 0 Å². The highest BCUT2D eigenvalue weighted by atomic mass is 14.3. The summed E-state index contributed by atoms with van der Waals surface area (Å²) in [6.45, 7) is 3.85. The van der Waals surface area contributed by atoms with Crippen LogP contribution in [0.25, 0.3) is 0 Å². The summed E-state index contributed by atoms with van der Waals surface area (Å²) < 4.78 is 0. The third-order valence-corrected chi connectivity index (χ3v) is 2.91. The Hall–Kier alpha value is -0.520. The molecule has 0 heteroatoms. The SMILES string of the molecule is C=CC1=C2CCC2CCC1. The van der Waals surface area contributed by atoms with Crippen LogP contribution in [0.4, 0.5) is 0 Å². The Morgan fingerprint density at radius 3 is 2.70 bits per heavy atom. The van der Waals surface area contributed by atoms with E-state index in [4.69, 9.17) is 0 Å². The summed E-state index contributed by atoms with van der Waals surface area (Å²) >= 11 is 0. The molecule has 54 valence electrons. The number of rotatable bonds is 1. The van der Waals surface area contributed by atoms with E-state index in [9.17, 15) is 0 Å². The summed E-state index contributed by atoms with van der Waals surface area (Å²) in [5.74, 6) is 0.974. The maximum Gasteiger partial charge on any atom is -0.0194 e. The molecule has 1 unspecified atom stereocenters. The van der Waals surface area contributed by atoms with Gasteiger partial charge in [-0.3, -0.25) is 0 Å². The van der Waals surface area contributed by atoms with Crippen LogP contribution >= 0.6 is 0 Å². The lowest BCUT2D eigenvalue weighted by Crippen LogP contribution is -2.20. The molecule has 0 aliphatic heterocycles. The van der Waals surface area contributed by atoms with Crippen molar-refractivity contribution in [3.8, 4) is 0 Å². The van der Waals surface area contributed by atoms with Crippen molar-refractivity contribution in [2.24, 2.45) is 5.92 Å². The second kappa shape index (κ2) is 2.26. The van der Waals surface area contributed by atoms with Gasteiger partial charge in [0.1, 0.15) is 0 Å². The molecule has 0 bridgehead atoms. The number of fused-ring (bicyclic) bond motifs is 1. The number of hydrogen-bond donors (Lipinski definition) is 0. The van der Waals surface area contributed by atoms with Gasteiger partial charge in [-0.05, 0) is 43.6 Å². The van der Waals surface area contributed by atoms with Crippen LogP contribution in [-0.4, -0.2) is 0 Å². The van der Waals surface area contributed by atoms with E-state index in [1.54, 1.807) is 11.1 Å². The second-order valence-electron chi connectivity index (χ2n) is 3.38. The minimum absolute atomic E-state index is 0.974. The van der Waals surface area contributed by atoms with Gasteiger partial charge in [0.15, 0.2) is 0 Å². The maximum absolute atomic E-state index is 3.85. The Morgan fingerprint density at radius 2 is 2.20 bits per heavy atom. The van der Waals surface area contributed by atoms with Gasteiger partial charge in [0.05, 0.1) is 0 Å². The molecule has 0 aromatic rings. The summed E-state index contributed by atoms with van der Waals surface area (Å²) in [7, 11) is 0. The Bertz CT molecular complexity index is 186. The van der Waals surface area contributed by atoms with Crippen molar-refractivity contribution in [3.63, 3.8) is 0 Å². The topological polar surface area (TPSA) is 0 Å². The summed E-state index contributed by atoms with van der Waals surface area (Å²) in [5.41, 5.74) is 3.31. The summed E-state index contributed by atoms with van der Waals surface area (Å²) in [6.07, 6.45) is 9.04. The normalized spacial score (nSPS) is 31.0. The van der Waals surface area contributed by atoms with Crippen molar-refractivity contribution in [2.75, 3.05) is 0 Å². The zero-order chi connectivity index (χ0) is 6.97. The molecule has 0 saturated heterocycles. The quantitative estimate of drug-likeness (QED) is 0.517. The summed E-state index contributed by atoms with van der Waals surface area (Å²) in [4.78, 5) is 0. The molecular weight excluding hydrogens is 120 g/mol. The van der Waals surface area contributed by atoms with Crippen LogP contribution in [0.3, 0.4) is 0 Å². The highest BCUT2D eigenvalue weighted by Crippen LogP contribution is 2.44. The maximum atomic E-state index is 3.85. The Balaban J connectivity index is 2.25. The van der Waals surface area contributed by atoms with Crippen molar-refractivity contribution in [2.45, 2.75) is 32.1 Å². The van der Waals surface area contributed by atoms with E-state index in [0.717, 1.165) is 5.92 Å². The van der Waals surface area contributed by atoms with Crippen LogP contribution < -0.4 is 0 Å². The molecule has 0 spiro atoms. The van der Waals surface area contributed by atoms with Crippen LogP contribution in [0.5, 0.6) is 0 Å². The molecule has 2 aliphatic carbocycles. The first kappa shape index (κ1) is 6.21. The third kappa shape index (κ3) is 0.749. The van der Waals surface area contributed by atoms with Crippen molar-refractivity contribution < 1.29 is 0 Å². The van der Waals surface area contributed by atoms with Crippen LogP contribution in [0.1, 0.15) is 32.1 Å². The van der Waals surface area contributed by atoms with Gasteiger partial charge in [-0.1, -0.05) is 18.2 Å². The van der Waals surface area contributed by atoms with Gasteiger partial charge >= 0.3 is 0 Å². The number of hydrogen-bond acceptors (Lipinski definition) is 0. The lowest BCUT2D eigenvalue weighted by molar-refractivity contribution is 0.376. The van der Waals surface area contributed by atoms with E-state index in [-0.39, 0.29) is 0 Å². The van der Waals surface area contributed by atoms with E-state index in [1.165, 1.54) is 32.1 Å². The van der Waals surface area contributed by atoms with Gasteiger partial charge in [0.25, 0.3) is 0 Å². The summed E-state index contributed by atoms with van der Waals surface area (Å²) in [5, 5.41) is 0. The Labute approximate surface area is 62.6 Å². The predicted molar refractivity (Wildman–Crippen MR) is 43.8 cm³/mol. The van der Waals surface area contributed by atoms with Crippen LogP contribution in [-0.2, 0) is 0 Å². The van der Waals surface area contributed by atoms with Crippen LogP contribution in [0.2, 0.25) is 0 Å². The monoisotopic (exact) mass is 134 g/mol. The van der Waals surface area contributed by atoms with Crippen LogP contribution in [0, 0.1) is 5.92 Å². The van der Waals surface area contributed by atoms with Gasteiger partial charge in [-0.2, -0.15) is 0 Å². The minimum atomic E-state index is 0.974. The van der Waals surface area contributed by atoms with Crippen molar-refractivity contribution in [1.29, 1.82) is 0 Å². The average Bonchev–Trinajstić information content (AvgIpc) is 1.91. The fraction of sp³-hybridized carbons (Fsp3) is 0.600. The molecule has 1 saturated carbocycles. The molecule has 1 fully saturated rings. The highest BCUT2D eigenvalue weighted by molar-refractivity contribution is 5.32. The first-order valence-electron chi connectivity index (χ1n) is 4.26. The lowest BCUT2D eigenvalue weighted by atomic mass is 9.70. The average molecular weight is 134 g/mol. The highest BCUT2D eigenvalue weighted by Gasteiger charge is 2.28. The van der Waals surface area contributed by atoms with Gasteiger partial charge < -0.3 is 0 Å². The molecule has 10 heavy (non-hydrogen) atoms. The van der Waals surface area contributed by atoms with Crippen LogP contribution in [0.15, 0.2) is 23.8 Å².